The number of hydrogen-bond donors (Lipinski definition) is 2. The number of thioether (sulfide) groups is 1. The molecular weight excluding hydrogens is 481 g/mol. The molecule has 0 unspecified atom stereocenters. The molecule has 0 spiro atoms. The molecule has 2 heterocycles. The van der Waals surface area contributed by atoms with E-state index in [4.69, 9.17) is 23.2 Å². The molecule has 2 aromatic heterocycles. The highest BCUT2D eigenvalue weighted by Gasteiger charge is 2.11. The minimum absolute atomic E-state index is 0.159. The fourth-order valence-corrected chi connectivity index (χ4v) is 4.21. The predicted octanol–water partition coefficient (Wildman–Crippen LogP) is 5.48. The van der Waals surface area contributed by atoms with Crippen molar-refractivity contribution >= 4 is 84.8 Å². The van der Waals surface area contributed by atoms with Crippen molar-refractivity contribution in [3.63, 3.8) is 0 Å². The van der Waals surface area contributed by atoms with E-state index in [0.717, 1.165) is 10.2 Å². The number of amides is 1. The summed E-state index contributed by atoms with van der Waals surface area (Å²) >= 11 is 17.8. The minimum atomic E-state index is -0.247. The average molecular weight is 491 g/mol. The Kier molecular flexibility index (Phi) is 6.71. The smallest absolute Gasteiger partial charge is 0.236 e. The van der Waals surface area contributed by atoms with Crippen LogP contribution in [-0.2, 0) is 4.79 Å². The van der Waals surface area contributed by atoms with E-state index in [9.17, 15) is 4.79 Å². The third kappa shape index (κ3) is 5.55. The van der Waals surface area contributed by atoms with Gasteiger partial charge in [0.1, 0.15) is 0 Å². The van der Waals surface area contributed by atoms with Crippen LogP contribution >= 0.6 is 62.2 Å². The lowest BCUT2D eigenvalue weighted by Crippen LogP contribution is -2.15. The molecule has 0 atom stereocenters. The fourth-order valence-electron chi connectivity index (χ4n) is 1.81. The van der Waals surface area contributed by atoms with Crippen molar-refractivity contribution in [1.29, 1.82) is 0 Å². The number of rotatable bonds is 6. The number of carbonyl (C=O) groups excluding carboxylic acids is 1. The molecule has 1 amide bonds. The fraction of sp³-hybridized carbons (Fsp3) is 0.0667. The number of nitrogens with zero attached hydrogens (tertiary/aromatic N) is 3. The van der Waals surface area contributed by atoms with Crippen molar-refractivity contribution in [1.82, 2.24) is 15.2 Å². The largest absolute Gasteiger partial charge is 0.330 e. The lowest BCUT2D eigenvalue weighted by atomic mass is 10.3. The first-order chi connectivity index (χ1) is 12.5. The number of halogens is 3. The molecule has 11 heteroatoms. The second-order valence-electron chi connectivity index (χ2n) is 4.83. The Morgan fingerprint density at radius 1 is 1.27 bits per heavy atom. The molecule has 6 nitrogen and oxygen atoms in total. The van der Waals surface area contributed by atoms with Crippen LogP contribution in [0.2, 0.25) is 10.0 Å². The van der Waals surface area contributed by atoms with Gasteiger partial charge in [-0.15, -0.1) is 10.2 Å². The van der Waals surface area contributed by atoms with Gasteiger partial charge in [0, 0.05) is 16.4 Å². The Morgan fingerprint density at radius 3 is 2.88 bits per heavy atom. The molecule has 0 fully saturated rings. The van der Waals surface area contributed by atoms with Gasteiger partial charge in [-0.05, 0) is 24.3 Å². The monoisotopic (exact) mass is 489 g/mol. The molecule has 0 saturated carbocycles. The Bertz CT molecular complexity index is 940. The highest BCUT2D eigenvalue weighted by molar-refractivity contribution is 9.10. The molecule has 26 heavy (non-hydrogen) atoms. The maximum atomic E-state index is 12.0. The molecule has 2 N–H and O–H groups in total. The summed E-state index contributed by atoms with van der Waals surface area (Å²) in [7, 11) is 0. The van der Waals surface area contributed by atoms with Crippen molar-refractivity contribution in [2.45, 2.75) is 4.34 Å². The van der Waals surface area contributed by atoms with Crippen LogP contribution in [0.5, 0.6) is 0 Å². The molecule has 1 aromatic carbocycles. The van der Waals surface area contributed by atoms with Gasteiger partial charge in [0.25, 0.3) is 0 Å². The normalized spacial score (nSPS) is 10.6. The molecule has 0 aliphatic rings. The van der Waals surface area contributed by atoms with Gasteiger partial charge < -0.3 is 10.6 Å². The van der Waals surface area contributed by atoms with Crippen molar-refractivity contribution in [3.05, 3.63) is 51.0 Å². The Morgan fingerprint density at radius 2 is 2.12 bits per heavy atom. The van der Waals surface area contributed by atoms with Crippen LogP contribution in [0, 0.1) is 0 Å². The van der Waals surface area contributed by atoms with Crippen LogP contribution in [0.4, 0.5) is 16.6 Å². The zero-order chi connectivity index (χ0) is 18.5. The van der Waals surface area contributed by atoms with E-state index < -0.39 is 0 Å². The first kappa shape index (κ1) is 19.4. The van der Waals surface area contributed by atoms with E-state index in [2.05, 4.69) is 41.7 Å². The van der Waals surface area contributed by atoms with Crippen molar-refractivity contribution in [2.24, 2.45) is 0 Å². The molecule has 0 aliphatic carbocycles. The lowest BCUT2D eigenvalue weighted by molar-refractivity contribution is -0.113. The average Bonchev–Trinajstić information content (AvgIpc) is 3.03. The number of benzene rings is 1. The van der Waals surface area contributed by atoms with Crippen LogP contribution in [0.1, 0.15) is 0 Å². The summed E-state index contributed by atoms with van der Waals surface area (Å²) in [6.07, 6.45) is 1.42. The van der Waals surface area contributed by atoms with Gasteiger partial charge in [-0.2, -0.15) is 0 Å². The van der Waals surface area contributed by atoms with E-state index in [0.29, 0.717) is 14.5 Å². The van der Waals surface area contributed by atoms with E-state index in [1.807, 2.05) is 24.3 Å². The third-order valence-electron chi connectivity index (χ3n) is 2.87. The highest BCUT2D eigenvalue weighted by Crippen LogP contribution is 2.29. The van der Waals surface area contributed by atoms with Gasteiger partial charge in [0.2, 0.25) is 11.0 Å². The van der Waals surface area contributed by atoms with E-state index >= 15 is 0 Å². The lowest BCUT2D eigenvalue weighted by Gasteiger charge is -2.05. The topological polar surface area (TPSA) is 79.8 Å². The number of anilines is 3. The van der Waals surface area contributed by atoms with Crippen molar-refractivity contribution < 1.29 is 4.79 Å². The maximum absolute atomic E-state index is 12.0. The molecule has 0 saturated heterocycles. The van der Waals surface area contributed by atoms with E-state index in [1.54, 1.807) is 0 Å². The molecule has 3 aromatic rings. The van der Waals surface area contributed by atoms with E-state index in [-0.39, 0.29) is 22.5 Å². The third-order valence-corrected chi connectivity index (χ3v) is 5.83. The standard InChI is InChI=1S/C15H10BrCl2N5OS2/c16-8-2-1-3-10(4-8)20-14-22-23-15(26-14)25-7-12(24)21-13-11(18)5-9(17)6-19-13/h1-6H,7H2,(H,20,22)(H,19,21,24). The van der Waals surface area contributed by atoms with Crippen LogP contribution < -0.4 is 10.6 Å². The number of hydrogen-bond acceptors (Lipinski definition) is 7. The summed E-state index contributed by atoms with van der Waals surface area (Å²) in [6, 6.07) is 9.24. The summed E-state index contributed by atoms with van der Waals surface area (Å²) < 4.78 is 1.64. The first-order valence-corrected chi connectivity index (χ1v) is 10.4. The minimum Gasteiger partial charge on any atom is -0.330 e. The van der Waals surface area contributed by atoms with Crippen LogP contribution in [0.15, 0.2) is 45.3 Å². The van der Waals surface area contributed by atoms with Gasteiger partial charge in [-0.3, -0.25) is 4.79 Å². The molecule has 3 rings (SSSR count). The summed E-state index contributed by atoms with van der Waals surface area (Å²) in [6.45, 7) is 0. The van der Waals surface area contributed by atoms with Crippen molar-refractivity contribution in [2.75, 3.05) is 16.4 Å². The highest BCUT2D eigenvalue weighted by atomic mass is 79.9. The van der Waals surface area contributed by atoms with Crippen LogP contribution in [0.3, 0.4) is 0 Å². The number of nitrogens with one attached hydrogen (secondary N) is 2. The molecular formula is C15H10BrCl2N5OS2. The number of aromatic nitrogens is 3. The zero-order valence-corrected chi connectivity index (χ0v) is 17.6. The van der Waals surface area contributed by atoms with Gasteiger partial charge in [-0.25, -0.2) is 4.98 Å². The second kappa shape index (κ2) is 9.01. The van der Waals surface area contributed by atoms with Gasteiger partial charge >= 0.3 is 0 Å². The number of carbonyl (C=O) groups is 1. The van der Waals surface area contributed by atoms with Gasteiger partial charge in [-0.1, -0.05) is 68.3 Å². The molecule has 0 aliphatic heterocycles. The summed E-state index contributed by atoms with van der Waals surface area (Å²) in [5, 5.41) is 15.3. The van der Waals surface area contributed by atoms with Gasteiger partial charge in [0.15, 0.2) is 10.2 Å². The predicted molar refractivity (Wildman–Crippen MR) is 111 cm³/mol. The van der Waals surface area contributed by atoms with Crippen LogP contribution in [-0.4, -0.2) is 26.8 Å². The first-order valence-electron chi connectivity index (χ1n) is 7.09. The molecule has 0 radical (unpaired) electrons. The molecule has 134 valence electrons. The Labute approximate surface area is 175 Å². The Balaban J connectivity index is 1.53. The summed E-state index contributed by atoms with van der Waals surface area (Å²) in [5.41, 5.74) is 0.897. The SMILES string of the molecule is O=C(CSc1nnc(Nc2cccc(Br)c2)s1)Nc1ncc(Cl)cc1Cl. The van der Waals surface area contributed by atoms with Crippen molar-refractivity contribution in [3.8, 4) is 0 Å². The maximum Gasteiger partial charge on any atom is 0.236 e. The molecule has 0 bridgehead atoms. The second-order valence-corrected chi connectivity index (χ2v) is 8.79. The van der Waals surface area contributed by atoms with Gasteiger partial charge in [0.05, 0.1) is 15.8 Å². The van der Waals surface area contributed by atoms with E-state index in [1.165, 1.54) is 35.4 Å². The summed E-state index contributed by atoms with van der Waals surface area (Å²) in [4.78, 5) is 16.0. The number of pyridine rings is 1. The Hall–Kier alpha value is -1.39. The van der Waals surface area contributed by atoms with Crippen LogP contribution in [0.25, 0.3) is 0 Å². The summed E-state index contributed by atoms with van der Waals surface area (Å²) in [5.74, 6) is 0.186. The quantitative estimate of drug-likeness (QED) is 0.445. The zero-order valence-electron chi connectivity index (χ0n) is 12.9.